The number of rotatable bonds is 6. The van der Waals surface area contributed by atoms with E-state index in [4.69, 9.17) is 0 Å². The number of carbonyl (C=O) groups excluding carboxylic acids is 1. The zero-order valence-corrected chi connectivity index (χ0v) is 19.5. The highest BCUT2D eigenvalue weighted by Gasteiger charge is 2.31. The fraction of sp³-hybridized carbons (Fsp3) is 0.500. The summed E-state index contributed by atoms with van der Waals surface area (Å²) in [4.78, 5) is 12.9. The van der Waals surface area contributed by atoms with E-state index in [-0.39, 0.29) is 23.1 Å². The lowest BCUT2D eigenvalue weighted by atomic mass is 10.1. The van der Waals surface area contributed by atoms with E-state index in [0.717, 1.165) is 23.5 Å². The third kappa shape index (κ3) is 5.07. The molecule has 1 atom stereocenters. The number of amides is 1. The maximum atomic E-state index is 12.9. The summed E-state index contributed by atoms with van der Waals surface area (Å²) < 4.78 is 27.5. The summed E-state index contributed by atoms with van der Waals surface area (Å²) in [5.74, 6) is 0.441. The highest BCUT2D eigenvalue weighted by molar-refractivity contribution is 7.91. The second-order valence-corrected chi connectivity index (χ2v) is 10.9. The number of hydrogen-bond donors (Lipinski definition) is 1. The number of aryl methyl sites for hydroxylation is 2. The quantitative estimate of drug-likeness (QED) is 0.545. The molecule has 3 rings (SSSR count). The third-order valence-electron chi connectivity index (χ3n) is 5.48. The summed E-state index contributed by atoms with van der Waals surface area (Å²) in [5, 5.41) is 16.7. The molecule has 1 fully saturated rings. The van der Waals surface area contributed by atoms with Crippen LogP contribution in [0.2, 0.25) is 0 Å². The molecule has 2 aromatic rings. The maximum Gasteiger partial charge on any atom is 0.267 e. The molecule has 2 aromatic heterocycles. The Morgan fingerprint density at radius 1 is 1.35 bits per heavy atom. The predicted molar refractivity (Wildman–Crippen MR) is 120 cm³/mol. The first-order chi connectivity index (χ1) is 14.5. The normalized spacial score (nSPS) is 18.4. The van der Waals surface area contributed by atoms with Crippen LogP contribution in [0.1, 0.15) is 49.0 Å². The van der Waals surface area contributed by atoms with Crippen LogP contribution in [0.15, 0.2) is 17.7 Å². The Morgan fingerprint density at radius 3 is 2.65 bits per heavy atom. The topological polar surface area (TPSA) is 110 Å². The van der Waals surface area contributed by atoms with Gasteiger partial charge in [0.2, 0.25) is 0 Å². The van der Waals surface area contributed by atoms with Gasteiger partial charge in [-0.2, -0.15) is 10.4 Å². The first kappa shape index (κ1) is 22.8. The van der Waals surface area contributed by atoms with E-state index in [1.54, 1.807) is 23.7 Å². The number of nitrogens with one attached hydrogen (secondary N) is 1. The fourth-order valence-electron chi connectivity index (χ4n) is 3.96. The summed E-state index contributed by atoms with van der Waals surface area (Å²) in [6.07, 6.45) is 2.05. The van der Waals surface area contributed by atoms with Crippen LogP contribution < -0.4 is 5.32 Å². The Morgan fingerprint density at radius 2 is 2.06 bits per heavy atom. The minimum atomic E-state index is -3.10. The van der Waals surface area contributed by atoms with Crippen molar-refractivity contribution in [3.8, 4) is 6.07 Å². The van der Waals surface area contributed by atoms with Gasteiger partial charge in [-0.05, 0) is 50.8 Å². The molecule has 1 saturated heterocycles. The molecule has 1 amide bonds. The van der Waals surface area contributed by atoms with E-state index in [1.165, 1.54) is 0 Å². The van der Waals surface area contributed by atoms with E-state index in [0.29, 0.717) is 23.9 Å². The zero-order chi connectivity index (χ0) is 22.9. The number of aromatic nitrogens is 3. The molecule has 0 aliphatic carbocycles. The number of hydrogen-bond acceptors (Lipinski definition) is 5. The Hall–Kier alpha value is -2.86. The van der Waals surface area contributed by atoms with Gasteiger partial charge in [-0.15, -0.1) is 0 Å². The molecular formula is C22H29N5O3S. The lowest BCUT2D eigenvalue weighted by molar-refractivity contribution is -0.112. The molecule has 1 unspecified atom stereocenters. The van der Waals surface area contributed by atoms with Crippen molar-refractivity contribution in [2.45, 2.75) is 53.6 Å². The van der Waals surface area contributed by atoms with Gasteiger partial charge in [-0.1, -0.05) is 13.8 Å². The molecule has 9 heteroatoms. The molecule has 1 N–H and O–H groups in total. The monoisotopic (exact) mass is 443 g/mol. The smallest absolute Gasteiger partial charge is 0.267 e. The van der Waals surface area contributed by atoms with Gasteiger partial charge in [0, 0.05) is 24.0 Å². The highest BCUT2D eigenvalue weighted by Crippen LogP contribution is 2.27. The standard InChI is InChI=1S/C22H29N5O3S/c1-14(2)12-26-16(4)9-18(17(26)5)10-19(11-23)22(28)24-21-8-15(3)25-27(21)20-6-7-31(29,30)13-20/h8-10,14,20H,6-7,12-13H2,1-5H3,(H,24,28)/b19-10+. The number of anilines is 1. The van der Waals surface area contributed by atoms with Crippen molar-refractivity contribution < 1.29 is 13.2 Å². The van der Waals surface area contributed by atoms with Crippen LogP contribution in [0.25, 0.3) is 6.08 Å². The molecule has 0 aromatic carbocycles. The fourth-order valence-corrected chi connectivity index (χ4v) is 5.66. The van der Waals surface area contributed by atoms with Crippen molar-refractivity contribution in [1.82, 2.24) is 14.3 Å². The zero-order valence-electron chi connectivity index (χ0n) is 18.6. The average molecular weight is 444 g/mol. The van der Waals surface area contributed by atoms with Crippen LogP contribution in [-0.4, -0.2) is 40.2 Å². The van der Waals surface area contributed by atoms with Gasteiger partial charge in [0.05, 0.1) is 23.2 Å². The molecule has 0 saturated carbocycles. The second kappa shape index (κ2) is 8.71. The lowest BCUT2D eigenvalue weighted by Gasteiger charge is -2.13. The van der Waals surface area contributed by atoms with Crippen molar-refractivity contribution in [1.29, 1.82) is 5.26 Å². The van der Waals surface area contributed by atoms with Crippen molar-refractivity contribution in [2.24, 2.45) is 5.92 Å². The summed E-state index contributed by atoms with van der Waals surface area (Å²) in [7, 11) is -3.10. The van der Waals surface area contributed by atoms with Crippen molar-refractivity contribution in [3.05, 3.63) is 40.4 Å². The average Bonchev–Trinajstić information content (AvgIpc) is 3.30. The summed E-state index contributed by atoms with van der Waals surface area (Å²) in [6.45, 7) is 10.9. The minimum absolute atomic E-state index is 0.000223. The predicted octanol–water partition coefficient (Wildman–Crippen LogP) is 3.17. The molecule has 3 heterocycles. The molecular weight excluding hydrogens is 414 g/mol. The molecule has 166 valence electrons. The van der Waals surface area contributed by atoms with Crippen molar-refractivity contribution >= 4 is 27.6 Å². The van der Waals surface area contributed by atoms with Crippen LogP contribution in [0, 0.1) is 38.0 Å². The first-order valence-corrected chi connectivity index (χ1v) is 12.2. The van der Waals surface area contributed by atoms with Crippen LogP contribution >= 0.6 is 0 Å². The Balaban J connectivity index is 1.86. The largest absolute Gasteiger partial charge is 0.348 e. The first-order valence-electron chi connectivity index (χ1n) is 10.4. The van der Waals surface area contributed by atoms with Crippen LogP contribution in [0.4, 0.5) is 5.82 Å². The Kier molecular flexibility index (Phi) is 6.41. The Bertz CT molecular complexity index is 1180. The van der Waals surface area contributed by atoms with E-state index in [1.807, 2.05) is 26.0 Å². The van der Waals surface area contributed by atoms with Gasteiger partial charge in [0.1, 0.15) is 17.5 Å². The minimum Gasteiger partial charge on any atom is -0.348 e. The van der Waals surface area contributed by atoms with Crippen molar-refractivity contribution in [2.75, 3.05) is 16.8 Å². The lowest BCUT2D eigenvalue weighted by Crippen LogP contribution is -2.20. The molecule has 8 nitrogen and oxygen atoms in total. The van der Waals surface area contributed by atoms with E-state index in [9.17, 15) is 18.5 Å². The molecule has 1 aliphatic heterocycles. The summed E-state index contributed by atoms with van der Waals surface area (Å²) in [5.41, 5.74) is 3.56. The van der Waals surface area contributed by atoms with E-state index in [2.05, 4.69) is 28.8 Å². The van der Waals surface area contributed by atoms with Crippen LogP contribution in [0.5, 0.6) is 0 Å². The van der Waals surface area contributed by atoms with Gasteiger partial charge < -0.3 is 9.88 Å². The van der Waals surface area contributed by atoms with Gasteiger partial charge in [0.25, 0.3) is 5.91 Å². The SMILES string of the molecule is Cc1cc(NC(=O)/C(C#N)=C/c2cc(C)n(CC(C)C)c2C)n(C2CCS(=O)(=O)C2)n1. The van der Waals surface area contributed by atoms with Crippen molar-refractivity contribution in [3.63, 3.8) is 0 Å². The number of carbonyl (C=O) groups is 1. The van der Waals surface area contributed by atoms with E-state index < -0.39 is 15.7 Å². The van der Waals surface area contributed by atoms with Crippen LogP contribution in [0.3, 0.4) is 0 Å². The van der Waals surface area contributed by atoms with Gasteiger partial charge >= 0.3 is 0 Å². The molecule has 0 radical (unpaired) electrons. The van der Waals surface area contributed by atoms with E-state index >= 15 is 0 Å². The summed E-state index contributed by atoms with van der Waals surface area (Å²) >= 11 is 0. The highest BCUT2D eigenvalue weighted by atomic mass is 32.2. The molecule has 31 heavy (non-hydrogen) atoms. The summed E-state index contributed by atoms with van der Waals surface area (Å²) in [6, 6.07) is 5.33. The molecule has 0 bridgehead atoms. The number of nitrogens with zero attached hydrogens (tertiary/aromatic N) is 4. The third-order valence-corrected chi connectivity index (χ3v) is 7.23. The number of sulfone groups is 1. The van der Waals surface area contributed by atoms with Gasteiger partial charge in [0.15, 0.2) is 9.84 Å². The molecule has 0 spiro atoms. The Labute approximate surface area is 183 Å². The second-order valence-electron chi connectivity index (χ2n) is 8.63. The number of nitriles is 1. The van der Waals surface area contributed by atoms with Gasteiger partial charge in [-0.25, -0.2) is 13.1 Å². The molecule has 1 aliphatic rings. The van der Waals surface area contributed by atoms with Crippen LogP contribution in [-0.2, 0) is 21.2 Å². The maximum absolute atomic E-state index is 12.9. The van der Waals surface area contributed by atoms with Gasteiger partial charge in [-0.3, -0.25) is 4.79 Å².